The first-order valence-corrected chi connectivity index (χ1v) is 9.08. The van der Waals surface area contributed by atoms with Crippen LogP contribution in [-0.4, -0.2) is 25.9 Å². The van der Waals surface area contributed by atoms with Crippen LogP contribution in [-0.2, 0) is 11.3 Å². The molecule has 3 aromatic heterocycles. The number of carbonyl (C=O) groups excluding carboxylic acids is 1. The van der Waals surface area contributed by atoms with Crippen molar-refractivity contribution >= 4 is 44.6 Å². The molecule has 0 bridgehead atoms. The molecule has 0 aliphatic heterocycles. The van der Waals surface area contributed by atoms with Crippen molar-refractivity contribution < 1.29 is 4.79 Å². The van der Waals surface area contributed by atoms with Crippen LogP contribution in [0.5, 0.6) is 0 Å². The van der Waals surface area contributed by atoms with Crippen LogP contribution in [0.2, 0.25) is 0 Å². The first-order valence-electron chi connectivity index (χ1n) is 7.32. The van der Waals surface area contributed by atoms with E-state index in [1.807, 2.05) is 22.9 Å². The van der Waals surface area contributed by atoms with Crippen LogP contribution in [0.4, 0.5) is 5.13 Å². The third-order valence-corrected chi connectivity index (χ3v) is 5.10. The van der Waals surface area contributed by atoms with Crippen LogP contribution in [0, 0.1) is 0 Å². The van der Waals surface area contributed by atoms with Crippen molar-refractivity contribution in [3.05, 3.63) is 57.5 Å². The average molecular weight is 369 g/mol. The van der Waals surface area contributed by atoms with Crippen LogP contribution in [0.1, 0.15) is 0 Å². The second-order valence-electron chi connectivity index (χ2n) is 5.13. The Bertz CT molecular complexity index is 1100. The molecule has 0 fully saturated rings. The summed E-state index contributed by atoms with van der Waals surface area (Å²) < 4.78 is 1.05. The Kier molecular flexibility index (Phi) is 4.08. The van der Waals surface area contributed by atoms with Gasteiger partial charge in [-0.3, -0.25) is 9.59 Å². The number of fused-ring (bicyclic) bond motifs is 1. The number of nitrogens with zero attached hydrogens (tertiary/aromatic N) is 4. The maximum atomic E-state index is 12.3. The molecule has 0 saturated heterocycles. The fraction of sp³-hybridized carbons (Fsp3) is 0.0625. The van der Waals surface area contributed by atoms with E-state index in [4.69, 9.17) is 0 Å². The monoisotopic (exact) mass is 369 g/mol. The smallest absolute Gasteiger partial charge is 0.278 e. The zero-order valence-corrected chi connectivity index (χ0v) is 14.4. The van der Waals surface area contributed by atoms with Gasteiger partial charge < -0.3 is 5.32 Å². The Hall–Kier alpha value is -2.91. The third-order valence-electron chi connectivity index (χ3n) is 3.45. The molecule has 0 radical (unpaired) electrons. The maximum Gasteiger partial charge on any atom is 0.278 e. The molecule has 1 N–H and O–H groups in total. The Morgan fingerprint density at radius 3 is 2.88 bits per heavy atom. The number of nitrogens with one attached hydrogen (secondary N) is 1. The highest BCUT2D eigenvalue weighted by atomic mass is 32.1. The van der Waals surface area contributed by atoms with E-state index in [1.165, 1.54) is 11.3 Å². The van der Waals surface area contributed by atoms with Gasteiger partial charge in [-0.15, -0.1) is 27.8 Å². The molecule has 1 aromatic carbocycles. The molecule has 0 saturated carbocycles. The van der Waals surface area contributed by atoms with Gasteiger partial charge in [0.15, 0.2) is 5.13 Å². The molecule has 1 amide bonds. The van der Waals surface area contributed by atoms with Crippen molar-refractivity contribution in [1.82, 2.24) is 20.0 Å². The molecule has 4 rings (SSSR count). The number of hydrogen-bond acceptors (Lipinski definition) is 7. The molecule has 4 aromatic rings. The second kappa shape index (κ2) is 6.54. The number of amides is 1. The van der Waals surface area contributed by atoms with Crippen LogP contribution >= 0.6 is 22.7 Å². The summed E-state index contributed by atoms with van der Waals surface area (Å²) in [4.78, 5) is 30.0. The van der Waals surface area contributed by atoms with E-state index >= 15 is 0 Å². The molecule has 0 aliphatic carbocycles. The summed E-state index contributed by atoms with van der Waals surface area (Å²) in [5, 5.41) is 15.2. The van der Waals surface area contributed by atoms with E-state index in [0.29, 0.717) is 16.0 Å². The van der Waals surface area contributed by atoms with Crippen molar-refractivity contribution in [2.45, 2.75) is 6.54 Å². The minimum absolute atomic E-state index is 0.218. The molecular formula is C16H11N5O2S2. The standard InChI is InChI=1S/C16H11N5O2S2/c22-14(18-16-17-12(9-25-16)13-6-3-7-24-13)8-21-15(23)10-4-1-2-5-11(10)19-20-21/h1-7,9H,8H2,(H,17,18,22). The summed E-state index contributed by atoms with van der Waals surface area (Å²) in [6.07, 6.45) is 0. The van der Waals surface area contributed by atoms with Crippen molar-refractivity contribution in [3.8, 4) is 10.6 Å². The lowest BCUT2D eigenvalue weighted by atomic mass is 10.2. The summed E-state index contributed by atoms with van der Waals surface area (Å²) in [6.45, 7) is -0.218. The third kappa shape index (κ3) is 3.19. The van der Waals surface area contributed by atoms with E-state index in [9.17, 15) is 9.59 Å². The molecule has 9 heteroatoms. The van der Waals surface area contributed by atoms with Crippen molar-refractivity contribution in [2.75, 3.05) is 5.32 Å². The van der Waals surface area contributed by atoms with Gasteiger partial charge >= 0.3 is 0 Å². The SMILES string of the molecule is O=C(Cn1nnc2ccccc2c1=O)Nc1nc(-c2cccs2)cs1. The molecular weight excluding hydrogens is 358 g/mol. The van der Waals surface area contributed by atoms with Gasteiger partial charge in [-0.2, -0.15) is 0 Å². The van der Waals surface area contributed by atoms with E-state index in [1.54, 1.807) is 35.6 Å². The number of rotatable bonds is 4. The van der Waals surface area contributed by atoms with E-state index in [2.05, 4.69) is 20.6 Å². The predicted molar refractivity (Wildman–Crippen MR) is 97.9 cm³/mol. The Morgan fingerprint density at radius 2 is 2.04 bits per heavy atom. The van der Waals surface area contributed by atoms with Gasteiger partial charge in [0.25, 0.3) is 5.56 Å². The fourth-order valence-corrected chi connectivity index (χ4v) is 3.78. The summed E-state index contributed by atoms with van der Waals surface area (Å²) in [7, 11) is 0. The lowest BCUT2D eigenvalue weighted by Crippen LogP contribution is -2.30. The lowest BCUT2D eigenvalue weighted by molar-refractivity contribution is -0.117. The zero-order chi connectivity index (χ0) is 17.2. The Morgan fingerprint density at radius 1 is 1.16 bits per heavy atom. The highest BCUT2D eigenvalue weighted by Gasteiger charge is 2.12. The molecule has 0 spiro atoms. The van der Waals surface area contributed by atoms with Gasteiger partial charge in [-0.1, -0.05) is 23.4 Å². The van der Waals surface area contributed by atoms with Gasteiger partial charge in [0.1, 0.15) is 12.1 Å². The Balaban J connectivity index is 1.51. The number of thiophene rings is 1. The predicted octanol–water partition coefficient (Wildman–Crippen LogP) is 2.62. The quantitative estimate of drug-likeness (QED) is 0.597. The first-order chi connectivity index (χ1) is 12.2. The summed E-state index contributed by atoms with van der Waals surface area (Å²) >= 11 is 2.92. The minimum Gasteiger partial charge on any atom is -0.300 e. The zero-order valence-electron chi connectivity index (χ0n) is 12.7. The lowest BCUT2D eigenvalue weighted by Gasteiger charge is -2.04. The van der Waals surface area contributed by atoms with E-state index in [-0.39, 0.29) is 18.0 Å². The van der Waals surface area contributed by atoms with Gasteiger partial charge in [-0.05, 0) is 23.6 Å². The minimum atomic E-state index is -0.376. The molecule has 7 nitrogen and oxygen atoms in total. The Labute approximate surface area is 149 Å². The molecule has 124 valence electrons. The number of thiazole rings is 1. The van der Waals surface area contributed by atoms with Crippen molar-refractivity contribution in [3.63, 3.8) is 0 Å². The number of hydrogen-bond donors (Lipinski definition) is 1. The number of benzene rings is 1. The van der Waals surface area contributed by atoms with Gasteiger partial charge in [0.2, 0.25) is 5.91 Å². The van der Waals surface area contributed by atoms with Crippen LogP contribution < -0.4 is 10.9 Å². The fourth-order valence-electron chi connectivity index (χ4n) is 2.29. The maximum absolute atomic E-state index is 12.3. The number of carbonyl (C=O) groups is 1. The summed E-state index contributed by atoms with van der Waals surface area (Å²) in [5.41, 5.74) is 0.974. The molecule has 0 atom stereocenters. The normalized spacial score (nSPS) is 10.9. The molecule has 0 unspecified atom stereocenters. The van der Waals surface area contributed by atoms with Crippen LogP contribution in [0.15, 0.2) is 52.0 Å². The highest BCUT2D eigenvalue weighted by molar-refractivity contribution is 7.16. The highest BCUT2D eigenvalue weighted by Crippen LogP contribution is 2.28. The molecule has 25 heavy (non-hydrogen) atoms. The molecule has 3 heterocycles. The van der Waals surface area contributed by atoms with E-state index in [0.717, 1.165) is 15.3 Å². The largest absolute Gasteiger partial charge is 0.300 e. The first kappa shape index (κ1) is 15.6. The van der Waals surface area contributed by atoms with Gasteiger partial charge in [0, 0.05) is 5.38 Å². The van der Waals surface area contributed by atoms with Gasteiger partial charge in [0.05, 0.1) is 16.0 Å². The summed E-state index contributed by atoms with van der Waals surface area (Å²) in [6, 6.07) is 10.8. The topological polar surface area (TPSA) is 89.8 Å². The van der Waals surface area contributed by atoms with Crippen LogP contribution in [0.3, 0.4) is 0 Å². The van der Waals surface area contributed by atoms with Gasteiger partial charge in [-0.25, -0.2) is 9.67 Å². The number of aromatic nitrogens is 4. The number of anilines is 1. The average Bonchev–Trinajstić information content (AvgIpc) is 3.29. The second-order valence-corrected chi connectivity index (χ2v) is 6.94. The molecule has 0 aliphatic rings. The summed E-state index contributed by atoms with van der Waals surface area (Å²) in [5.74, 6) is -0.376. The van der Waals surface area contributed by atoms with Crippen molar-refractivity contribution in [2.24, 2.45) is 0 Å². The van der Waals surface area contributed by atoms with Crippen LogP contribution in [0.25, 0.3) is 21.5 Å². The van der Waals surface area contributed by atoms with E-state index < -0.39 is 0 Å². The van der Waals surface area contributed by atoms with Crippen molar-refractivity contribution in [1.29, 1.82) is 0 Å².